The van der Waals surface area contributed by atoms with Gasteiger partial charge < -0.3 is 19.0 Å². The van der Waals surface area contributed by atoms with Crippen molar-refractivity contribution in [3.05, 3.63) is 0 Å². The highest BCUT2D eigenvalue weighted by molar-refractivity contribution is 7.15. The summed E-state index contributed by atoms with van der Waals surface area (Å²) in [5.74, 6) is 0. The second kappa shape index (κ2) is 18.6. The molecule has 0 bridgehead atoms. The molecule has 0 radical (unpaired) electrons. The highest BCUT2D eigenvalue weighted by atomic mass is 29.2. The van der Waals surface area contributed by atoms with Gasteiger partial charge in [-0.05, 0) is 31.3 Å². The average Bonchev–Trinajstić information content (AvgIpc) is 2.62. The van der Waals surface area contributed by atoms with E-state index in [1.165, 1.54) is 32.1 Å². The van der Waals surface area contributed by atoms with Gasteiger partial charge in [0.15, 0.2) is 0 Å². The van der Waals surface area contributed by atoms with Crippen LogP contribution in [0, 0.1) is 0 Å². The zero-order chi connectivity index (χ0) is 19.5. The molecule has 0 heterocycles. The number of nitrogens with two attached hydrogens (primary N) is 1. The van der Waals surface area contributed by atoms with Crippen molar-refractivity contribution in [2.75, 3.05) is 19.8 Å². The zero-order valence-corrected chi connectivity index (χ0v) is 20.6. The largest absolute Gasteiger partial charge is 0.463 e. The van der Waals surface area contributed by atoms with Gasteiger partial charge in [0.05, 0.1) is 0 Å². The topological polar surface area (TPSA) is 53.7 Å². The Morgan fingerprint density at radius 3 is 1.50 bits per heavy atom. The van der Waals surface area contributed by atoms with Crippen LogP contribution < -0.4 is 5.73 Å². The van der Waals surface area contributed by atoms with Crippen molar-refractivity contribution in [2.45, 2.75) is 110 Å². The molecular weight excluding hydrogens is 358 g/mol. The molecule has 2 N–H and O–H groups in total. The molecule has 0 aromatic rings. The first kappa shape index (κ1) is 26.3. The molecule has 0 aliphatic heterocycles. The van der Waals surface area contributed by atoms with Crippen molar-refractivity contribution < 1.29 is 13.3 Å². The van der Waals surface area contributed by atoms with Crippen LogP contribution in [0.15, 0.2) is 0 Å². The van der Waals surface area contributed by atoms with Crippen molar-refractivity contribution in [3.63, 3.8) is 0 Å². The summed E-state index contributed by atoms with van der Waals surface area (Å²) >= 11 is 0. The fourth-order valence-electron chi connectivity index (χ4n) is 2.85. The smallest absolute Gasteiger partial charge is 0.377 e. The summed E-state index contributed by atoms with van der Waals surface area (Å²) in [5.41, 5.74) is 6.80. The second-order valence-electron chi connectivity index (χ2n) is 7.46. The zero-order valence-electron chi connectivity index (χ0n) is 18.2. The molecule has 158 valence electrons. The van der Waals surface area contributed by atoms with E-state index < -0.39 is 17.4 Å². The molecule has 0 saturated carbocycles. The van der Waals surface area contributed by atoms with Crippen molar-refractivity contribution in [1.29, 1.82) is 0 Å². The maximum Gasteiger partial charge on any atom is 0.463 e. The highest BCUT2D eigenvalue weighted by Crippen LogP contribution is 2.15. The van der Waals surface area contributed by atoms with E-state index in [4.69, 9.17) is 19.0 Å². The van der Waals surface area contributed by atoms with Crippen molar-refractivity contribution in [3.8, 4) is 0 Å². The number of hydrogen-bond acceptors (Lipinski definition) is 4. The van der Waals surface area contributed by atoms with Crippen molar-refractivity contribution >= 4 is 17.4 Å². The molecule has 1 unspecified atom stereocenters. The Morgan fingerprint density at radius 1 is 0.654 bits per heavy atom. The van der Waals surface area contributed by atoms with Crippen molar-refractivity contribution in [1.82, 2.24) is 0 Å². The average molecular weight is 406 g/mol. The molecule has 0 amide bonds. The summed E-state index contributed by atoms with van der Waals surface area (Å²) in [6.45, 7) is 11.1. The summed E-state index contributed by atoms with van der Waals surface area (Å²) in [6.07, 6.45) is 14.2. The summed E-state index contributed by atoms with van der Waals surface area (Å²) in [5, 5.41) is 0. The van der Waals surface area contributed by atoms with E-state index in [9.17, 15) is 0 Å². The summed E-state index contributed by atoms with van der Waals surface area (Å²) in [4.78, 5) is 0. The molecule has 6 heteroatoms. The molecule has 0 saturated heterocycles. The molecule has 0 fully saturated rings. The molecule has 0 aliphatic carbocycles. The molecule has 4 nitrogen and oxygen atoms in total. The van der Waals surface area contributed by atoms with Gasteiger partial charge in [-0.2, -0.15) is 0 Å². The Kier molecular flexibility index (Phi) is 18.8. The standard InChI is InChI=1S/C20H47NO3Si2/c1-5-9-13-14-15-16-20(21)25-26(22-17-10-6-2,23-18-11-7-3)24-19-12-8-4/h20H,5-19,21,25H2,1-4H3. The molecular formula is C20H47NO3Si2. The van der Waals surface area contributed by atoms with Gasteiger partial charge in [-0.3, -0.25) is 0 Å². The molecule has 26 heavy (non-hydrogen) atoms. The maximum absolute atomic E-state index is 6.54. The Morgan fingerprint density at radius 2 is 1.08 bits per heavy atom. The minimum Gasteiger partial charge on any atom is -0.377 e. The molecule has 0 rings (SSSR count). The normalized spacial score (nSPS) is 13.7. The Labute approximate surface area is 166 Å². The SMILES string of the molecule is CCCCCCCC(N)[SiH2][Si](OCCCC)(OCCCC)OCCCC. The van der Waals surface area contributed by atoms with Crippen LogP contribution in [0.2, 0.25) is 0 Å². The summed E-state index contributed by atoms with van der Waals surface area (Å²) in [6, 6.07) is 0. The van der Waals surface area contributed by atoms with Gasteiger partial charge in [0, 0.05) is 19.8 Å². The van der Waals surface area contributed by atoms with E-state index in [1.807, 2.05) is 0 Å². The third-order valence-corrected chi connectivity index (χ3v) is 12.9. The number of hydrogen-bond donors (Lipinski definition) is 1. The fraction of sp³-hybridized carbons (Fsp3) is 1.00. The number of unbranched alkanes of at least 4 members (excludes halogenated alkanes) is 7. The lowest BCUT2D eigenvalue weighted by molar-refractivity contribution is 0.0763. The first-order chi connectivity index (χ1) is 12.6. The number of rotatable bonds is 20. The lowest BCUT2D eigenvalue weighted by Crippen LogP contribution is -2.58. The fourth-order valence-corrected chi connectivity index (χ4v) is 10.9. The van der Waals surface area contributed by atoms with Gasteiger partial charge in [-0.15, -0.1) is 0 Å². The molecule has 1 atom stereocenters. The van der Waals surface area contributed by atoms with Crippen LogP contribution in [0.25, 0.3) is 0 Å². The van der Waals surface area contributed by atoms with Crippen LogP contribution in [0.1, 0.15) is 105 Å². The molecule has 0 aliphatic rings. The minimum atomic E-state index is -2.53. The lowest BCUT2D eigenvalue weighted by Gasteiger charge is -2.32. The predicted molar refractivity (Wildman–Crippen MR) is 118 cm³/mol. The minimum absolute atomic E-state index is 0.258. The third kappa shape index (κ3) is 14.3. The predicted octanol–water partition coefficient (Wildman–Crippen LogP) is 4.69. The second-order valence-corrected chi connectivity index (χ2v) is 15.0. The maximum atomic E-state index is 6.54. The highest BCUT2D eigenvalue weighted by Gasteiger charge is 2.42. The van der Waals surface area contributed by atoms with Crippen LogP contribution in [0.4, 0.5) is 0 Å². The summed E-state index contributed by atoms with van der Waals surface area (Å²) < 4.78 is 19.1. The Hall–Kier alpha value is 0.274. The van der Waals surface area contributed by atoms with Crippen LogP contribution in [-0.4, -0.2) is 42.8 Å². The van der Waals surface area contributed by atoms with E-state index in [0.717, 1.165) is 64.8 Å². The first-order valence-corrected chi connectivity index (χ1v) is 16.2. The van der Waals surface area contributed by atoms with E-state index >= 15 is 0 Å². The molecule has 0 aromatic heterocycles. The van der Waals surface area contributed by atoms with Gasteiger partial charge in [-0.25, -0.2) is 0 Å². The van der Waals surface area contributed by atoms with E-state index in [1.54, 1.807) is 0 Å². The van der Waals surface area contributed by atoms with Gasteiger partial charge in [0.1, 0.15) is 9.04 Å². The van der Waals surface area contributed by atoms with Crippen LogP contribution in [0.3, 0.4) is 0 Å². The van der Waals surface area contributed by atoms with E-state index in [2.05, 4.69) is 27.7 Å². The lowest BCUT2D eigenvalue weighted by atomic mass is 10.1. The third-order valence-electron chi connectivity index (χ3n) is 4.65. The van der Waals surface area contributed by atoms with Gasteiger partial charge in [0.2, 0.25) is 0 Å². The Balaban J connectivity index is 4.67. The van der Waals surface area contributed by atoms with Crippen molar-refractivity contribution in [2.24, 2.45) is 5.73 Å². The van der Waals surface area contributed by atoms with E-state index in [-0.39, 0.29) is 5.67 Å². The molecule has 0 spiro atoms. The molecule has 0 aromatic carbocycles. The van der Waals surface area contributed by atoms with Crippen LogP contribution in [-0.2, 0) is 13.3 Å². The van der Waals surface area contributed by atoms with Gasteiger partial charge >= 0.3 is 8.32 Å². The quantitative estimate of drug-likeness (QED) is 0.236. The van der Waals surface area contributed by atoms with Gasteiger partial charge in [0.25, 0.3) is 0 Å². The first-order valence-electron chi connectivity index (χ1n) is 11.3. The van der Waals surface area contributed by atoms with E-state index in [0.29, 0.717) is 0 Å². The Bertz CT molecular complexity index is 270. The monoisotopic (exact) mass is 405 g/mol. The van der Waals surface area contributed by atoms with Crippen LogP contribution in [0.5, 0.6) is 0 Å². The van der Waals surface area contributed by atoms with Crippen LogP contribution >= 0.6 is 0 Å². The summed E-state index contributed by atoms with van der Waals surface area (Å²) in [7, 11) is -3.26. The van der Waals surface area contributed by atoms with Gasteiger partial charge in [-0.1, -0.05) is 79.1 Å².